The van der Waals surface area contributed by atoms with E-state index in [2.05, 4.69) is 0 Å². The van der Waals surface area contributed by atoms with Crippen LogP contribution in [0.25, 0.3) is 0 Å². The van der Waals surface area contributed by atoms with E-state index in [0.717, 1.165) is 0 Å². The molecular formula is C6H12Cl5O2Zr. The Hall–Kier alpha value is 2.25. The van der Waals surface area contributed by atoms with Gasteiger partial charge in [-0.1, -0.05) is 0 Å². The SMILES string of the molecule is ClCCC[O][Zr]([Cl])([Cl])([Cl])[O]CCCCl. The Morgan fingerprint density at radius 2 is 1.14 bits per heavy atom. The fourth-order valence-electron chi connectivity index (χ4n) is 0.610. The van der Waals surface area contributed by atoms with Gasteiger partial charge in [0.15, 0.2) is 0 Å². The molecule has 0 unspecified atom stereocenters. The van der Waals surface area contributed by atoms with Crippen LogP contribution in [0, 0.1) is 0 Å². The number of halogens is 5. The molecule has 0 aliphatic rings. The number of alkyl halides is 2. The Kier molecular flexibility index (Phi) is 8.77. The van der Waals surface area contributed by atoms with E-state index in [4.69, 9.17) is 54.4 Å². The van der Waals surface area contributed by atoms with E-state index in [1.807, 2.05) is 0 Å². The zero-order valence-corrected chi connectivity index (χ0v) is 13.7. The zero-order valence-electron chi connectivity index (χ0n) is 7.45. The van der Waals surface area contributed by atoms with Crippen LogP contribution in [0.5, 0.6) is 0 Å². The maximum atomic E-state index is 5.87. The number of hydrogen-bond donors (Lipinski definition) is 0. The third-order valence-electron chi connectivity index (χ3n) is 1.21. The summed E-state index contributed by atoms with van der Waals surface area (Å²) < 4.78 is 10.3. The molecule has 0 spiro atoms. The monoisotopic (exact) mass is 381 g/mol. The van der Waals surface area contributed by atoms with E-state index in [1.54, 1.807) is 0 Å². The van der Waals surface area contributed by atoms with Crippen LogP contribution in [0.3, 0.4) is 0 Å². The predicted octanol–water partition coefficient (Wildman–Crippen LogP) is 4.26. The van der Waals surface area contributed by atoms with Gasteiger partial charge in [0.1, 0.15) is 0 Å². The summed E-state index contributed by atoms with van der Waals surface area (Å²) in [5, 5.41) is 0. The molecule has 8 heteroatoms. The van der Waals surface area contributed by atoms with Crippen molar-refractivity contribution < 1.29 is 21.7 Å². The number of rotatable bonds is 8. The second-order valence-electron chi connectivity index (χ2n) is 2.54. The molecule has 14 heavy (non-hydrogen) atoms. The summed E-state index contributed by atoms with van der Waals surface area (Å²) in [6.07, 6.45) is 1.27. The summed E-state index contributed by atoms with van der Waals surface area (Å²) in [6.45, 7) is 0.623. The van der Waals surface area contributed by atoms with Crippen molar-refractivity contribution in [1.29, 1.82) is 0 Å². The average molecular weight is 385 g/mol. The van der Waals surface area contributed by atoms with Gasteiger partial charge in [-0.3, -0.25) is 0 Å². The van der Waals surface area contributed by atoms with Crippen molar-refractivity contribution >= 4 is 48.7 Å². The third-order valence-corrected chi connectivity index (χ3v) is 8.80. The van der Waals surface area contributed by atoms with Crippen molar-refractivity contribution in [3.8, 4) is 0 Å². The van der Waals surface area contributed by atoms with Gasteiger partial charge in [0.2, 0.25) is 0 Å². The molecule has 2 nitrogen and oxygen atoms in total. The quantitative estimate of drug-likeness (QED) is 0.460. The van der Waals surface area contributed by atoms with Crippen molar-refractivity contribution in [1.82, 2.24) is 0 Å². The molecule has 0 aromatic heterocycles. The first-order valence-electron chi connectivity index (χ1n) is 4.09. The minimum absolute atomic E-state index is 0.312. The van der Waals surface area contributed by atoms with Gasteiger partial charge in [0.25, 0.3) is 0 Å². The molecule has 87 valence electrons. The van der Waals surface area contributed by atoms with Crippen LogP contribution >= 0.6 is 48.7 Å². The second-order valence-corrected chi connectivity index (χ2v) is 24.1. The van der Waals surface area contributed by atoms with Crippen LogP contribution in [-0.4, -0.2) is 25.0 Å². The van der Waals surface area contributed by atoms with Crippen LogP contribution in [0.2, 0.25) is 0 Å². The molecule has 0 aromatic carbocycles. The van der Waals surface area contributed by atoms with Gasteiger partial charge in [0, 0.05) is 0 Å². The van der Waals surface area contributed by atoms with Crippen LogP contribution in [0.4, 0.5) is 0 Å². The Balaban J connectivity index is 3.82. The van der Waals surface area contributed by atoms with Gasteiger partial charge in [-0.25, -0.2) is 0 Å². The molecule has 0 aliphatic carbocycles. The van der Waals surface area contributed by atoms with Crippen LogP contribution < -0.4 is 0 Å². The molecule has 0 bridgehead atoms. The molecule has 0 aromatic rings. The molecule has 0 fully saturated rings. The average Bonchev–Trinajstić information content (AvgIpc) is 2.04. The Bertz CT molecular complexity index is 146. The molecule has 0 saturated heterocycles. The van der Waals surface area contributed by atoms with Crippen LogP contribution in [-0.2, 0) is 21.7 Å². The van der Waals surface area contributed by atoms with E-state index < -0.39 is 16.1 Å². The first-order valence-corrected chi connectivity index (χ1v) is 16.7. The summed E-state index contributed by atoms with van der Waals surface area (Å²) in [5.74, 6) is 0.940. The standard InChI is InChI=1S/2C3H6ClO.3ClH.Zr/c2*4-2-1-3-5;;;;/h2*1-3H2;3*1H;/q2*-1;;;;+5/p-3. The fraction of sp³-hybridized carbons (Fsp3) is 1.00. The summed E-state index contributed by atoms with van der Waals surface area (Å²) in [4.78, 5) is 0. The Labute approximate surface area is 107 Å². The van der Waals surface area contributed by atoms with E-state index in [-0.39, 0.29) is 0 Å². The van der Waals surface area contributed by atoms with E-state index in [9.17, 15) is 0 Å². The van der Waals surface area contributed by atoms with Gasteiger partial charge < -0.3 is 0 Å². The summed E-state index contributed by atoms with van der Waals surface area (Å²) >= 11 is 6.11. The van der Waals surface area contributed by atoms with E-state index >= 15 is 0 Å². The Morgan fingerprint density at radius 1 is 0.786 bits per heavy atom. The molecular weight excluding hydrogens is 373 g/mol. The third kappa shape index (κ3) is 9.48. The second kappa shape index (κ2) is 7.55. The van der Waals surface area contributed by atoms with E-state index in [0.29, 0.717) is 37.8 Å². The summed E-state index contributed by atoms with van der Waals surface area (Å²) in [6, 6.07) is 0. The minimum atomic E-state index is -4.81. The molecule has 0 heterocycles. The van der Waals surface area contributed by atoms with Crippen molar-refractivity contribution in [2.45, 2.75) is 12.8 Å². The molecule has 0 rings (SSSR count). The molecule has 0 radical (unpaired) electrons. The number of hydrogen-bond acceptors (Lipinski definition) is 2. The van der Waals surface area contributed by atoms with Gasteiger partial charge >= 0.3 is 108 Å². The predicted molar refractivity (Wildman–Crippen MR) is 60.1 cm³/mol. The summed E-state index contributed by atoms with van der Waals surface area (Å²) in [7, 11) is 17.6. The Morgan fingerprint density at radius 3 is 1.43 bits per heavy atom. The van der Waals surface area contributed by atoms with Gasteiger partial charge in [-0.15, -0.1) is 0 Å². The van der Waals surface area contributed by atoms with Crippen molar-refractivity contribution in [2.24, 2.45) is 0 Å². The van der Waals surface area contributed by atoms with Gasteiger partial charge in [-0.05, 0) is 0 Å². The maximum absolute atomic E-state index is 5.87. The molecule has 0 aliphatic heterocycles. The van der Waals surface area contributed by atoms with Crippen LogP contribution in [0.1, 0.15) is 12.8 Å². The van der Waals surface area contributed by atoms with E-state index in [1.165, 1.54) is 0 Å². The van der Waals surface area contributed by atoms with Crippen molar-refractivity contribution in [3.63, 3.8) is 0 Å². The van der Waals surface area contributed by atoms with Gasteiger partial charge in [0.05, 0.1) is 0 Å². The molecule has 0 amide bonds. The molecule has 0 atom stereocenters. The zero-order chi connectivity index (χ0) is 11.1. The van der Waals surface area contributed by atoms with Crippen molar-refractivity contribution in [3.05, 3.63) is 0 Å². The molecule has 0 saturated carbocycles. The molecule has 0 N–H and O–H groups in total. The summed E-state index contributed by atoms with van der Waals surface area (Å²) in [5.41, 5.74) is 0. The first-order chi connectivity index (χ1) is 6.39. The van der Waals surface area contributed by atoms with Crippen LogP contribution in [0.15, 0.2) is 0 Å². The normalized spacial score (nSPS) is 15.1. The fourth-order valence-corrected chi connectivity index (χ4v) is 6.03. The first kappa shape index (κ1) is 16.3. The van der Waals surface area contributed by atoms with Gasteiger partial charge in [-0.2, -0.15) is 0 Å². The van der Waals surface area contributed by atoms with Crippen molar-refractivity contribution in [2.75, 3.05) is 25.0 Å². The topological polar surface area (TPSA) is 18.5 Å².